The minimum Gasteiger partial charge on any atom is -0.312 e. The van der Waals surface area contributed by atoms with Crippen molar-refractivity contribution in [3.05, 3.63) is 26.3 Å². The third-order valence-corrected chi connectivity index (χ3v) is 1.93. The van der Waals surface area contributed by atoms with Crippen molar-refractivity contribution < 1.29 is 0 Å². The van der Waals surface area contributed by atoms with E-state index in [1.165, 1.54) is 6.33 Å². The minimum atomic E-state index is -0.335. The highest BCUT2D eigenvalue weighted by molar-refractivity contribution is 9.10. The van der Waals surface area contributed by atoms with Crippen molar-refractivity contribution in [1.82, 2.24) is 9.97 Å². The normalized spacial score (nSPS) is 9.56. The molecule has 3 nitrogen and oxygen atoms in total. The van der Waals surface area contributed by atoms with Crippen LogP contribution in [0.1, 0.15) is 0 Å². The molecule has 1 aromatic heterocycles. The van der Waals surface area contributed by atoms with Crippen LogP contribution in [0.2, 0.25) is 5.02 Å². The quantitative estimate of drug-likeness (QED) is 0.652. The summed E-state index contributed by atoms with van der Waals surface area (Å²) in [6, 6.07) is 0. The van der Waals surface area contributed by atoms with Crippen molar-refractivity contribution in [2.24, 2.45) is 0 Å². The molecule has 0 saturated carbocycles. The topological polar surface area (TPSA) is 45.8 Å². The van der Waals surface area contributed by atoms with Crippen LogP contribution in [0, 0.1) is 0 Å². The fourth-order valence-corrected chi connectivity index (χ4v) is 0.747. The first-order chi connectivity index (χ1) is 4.22. The number of hydrogen-bond acceptors (Lipinski definition) is 2. The Kier molecular flexibility index (Phi) is 1.87. The Morgan fingerprint density at radius 3 is 2.89 bits per heavy atom. The smallest absolute Gasteiger partial charge is 0.270 e. The molecular weight excluding hydrogens is 207 g/mol. The van der Waals surface area contributed by atoms with E-state index < -0.39 is 0 Å². The predicted molar refractivity (Wildman–Crippen MR) is 37.6 cm³/mol. The average molecular weight is 209 g/mol. The third kappa shape index (κ3) is 1.31. The molecule has 0 aliphatic rings. The molecule has 0 fully saturated rings. The highest BCUT2D eigenvalue weighted by Crippen LogP contribution is 2.11. The predicted octanol–water partition coefficient (Wildman–Crippen LogP) is 1.19. The van der Waals surface area contributed by atoms with E-state index in [-0.39, 0.29) is 10.6 Å². The van der Waals surface area contributed by atoms with E-state index in [2.05, 4.69) is 25.9 Å². The monoisotopic (exact) mass is 208 g/mol. The summed E-state index contributed by atoms with van der Waals surface area (Å²) in [6.45, 7) is 0. The largest absolute Gasteiger partial charge is 0.312 e. The molecule has 5 heteroatoms. The van der Waals surface area contributed by atoms with Crippen molar-refractivity contribution in [2.75, 3.05) is 0 Å². The molecule has 1 heterocycles. The Morgan fingerprint density at radius 2 is 2.44 bits per heavy atom. The summed E-state index contributed by atoms with van der Waals surface area (Å²) in [4.78, 5) is 16.6. The SMILES string of the molecule is O=c1[nH]cnc(Br)c1Cl. The number of nitrogens with one attached hydrogen (secondary N) is 1. The molecule has 0 spiro atoms. The number of nitrogens with zero attached hydrogens (tertiary/aromatic N) is 1. The van der Waals surface area contributed by atoms with Crippen LogP contribution < -0.4 is 5.56 Å². The molecule has 0 bridgehead atoms. The number of halogens is 2. The lowest BCUT2D eigenvalue weighted by molar-refractivity contribution is 1.09. The maximum absolute atomic E-state index is 10.6. The molecule has 0 aliphatic heterocycles. The number of rotatable bonds is 0. The summed E-state index contributed by atoms with van der Waals surface area (Å²) >= 11 is 8.41. The van der Waals surface area contributed by atoms with Gasteiger partial charge >= 0.3 is 0 Å². The second-order valence-electron chi connectivity index (χ2n) is 1.34. The van der Waals surface area contributed by atoms with Crippen LogP contribution in [0.15, 0.2) is 15.7 Å². The van der Waals surface area contributed by atoms with Gasteiger partial charge in [-0.15, -0.1) is 0 Å². The first-order valence-corrected chi connectivity index (χ1v) is 3.27. The number of aromatic amines is 1. The van der Waals surface area contributed by atoms with Crippen LogP contribution in [0.5, 0.6) is 0 Å². The second kappa shape index (κ2) is 2.49. The van der Waals surface area contributed by atoms with Gasteiger partial charge in [0.25, 0.3) is 5.56 Å². The molecule has 1 aromatic rings. The number of aromatic nitrogens is 2. The van der Waals surface area contributed by atoms with Crippen molar-refractivity contribution in [2.45, 2.75) is 0 Å². The molecule has 0 atom stereocenters. The van der Waals surface area contributed by atoms with Gasteiger partial charge in [-0.2, -0.15) is 0 Å². The lowest BCUT2D eigenvalue weighted by atomic mass is 10.7. The fraction of sp³-hybridized carbons (Fsp3) is 0. The van der Waals surface area contributed by atoms with Crippen molar-refractivity contribution >= 4 is 27.5 Å². The van der Waals surface area contributed by atoms with Gasteiger partial charge in [0.05, 0.1) is 6.33 Å². The highest BCUT2D eigenvalue weighted by atomic mass is 79.9. The van der Waals surface area contributed by atoms with Crippen LogP contribution in [-0.4, -0.2) is 9.97 Å². The van der Waals surface area contributed by atoms with E-state index in [4.69, 9.17) is 11.6 Å². The molecule has 0 amide bonds. The zero-order valence-electron chi connectivity index (χ0n) is 4.19. The van der Waals surface area contributed by atoms with E-state index in [9.17, 15) is 4.79 Å². The zero-order valence-corrected chi connectivity index (χ0v) is 6.53. The fourth-order valence-electron chi connectivity index (χ4n) is 0.361. The van der Waals surface area contributed by atoms with Crippen LogP contribution in [0.3, 0.4) is 0 Å². The van der Waals surface area contributed by atoms with Crippen LogP contribution in [0.25, 0.3) is 0 Å². The van der Waals surface area contributed by atoms with Gasteiger partial charge in [0.15, 0.2) is 0 Å². The summed E-state index contributed by atoms with van der Waals surface area (Å²) in [5.41, 5.74) is -0.335. The van der Waals surface area contributed by atoms with Crippen LogP contribution >= 0.6 is 27.5 Å². The maximum atomic E-state index is 10.6. The molecule has 0 aliphatic carbocycles. The van der Waals surface area contributed by atoms with E-state index in [0.717, 1.165) is 0 Å². The molecule has 0 radical (unpaired) electrons. The van der Waals surface area contributed by atoms with Gasteiger partial charge < -0.3 is 4.98 Å². The van der Waals surface area contributed by atoms with Crippen LogP contribution in [0.4, 0.5) is 0 Å². The van der Waals surface area contributed by atoms with Gasteiger partial charge in [-0.3, -0.25) is 4.79 Å². The Labute approximate surface area is 64.2 Å². The lowest BCUT2D eigenvalue weighted by Gasteiger charge is -1.88. The maximum Gasteiger partial charge on any atom is 0.270 e. The molecule has 0 saturated heterocycles. The van der Waals surface area contributed by atoms with E-state index in [0.29, 0.717) is 4.60 Å². The van der Waals surface area contributed by atoms with Gasteiger partial charge in [-0.25, -0.2) is 4.98 Å². The van der Waals surface area contributed by atoms with Crippen molar-refractivity contribution in [1.29, 1.82) is 0 Å². The number of H-pyrrole nitrogens is 1. The first kappa shape index (κ1) is 6.77. The summed E-state index contributed by atoms with van der Waals surface area (Å²) < 4.78 is 0.368. The van der Waals surface area contributed by atoms with E-state index in [1.54, 1.807) is 0 Å². The van der Waals surface area contributed by atoms with Gasteiger partial charge in [0, 0.05) is 0 Å². The summed E-state index contributed by atoms with van der Waals surface area (Å²) in [5.74, 6) is 0. The Morgan fingerprint density at radius 1 is 1.78 bits per heavy atom. The average Bonchev–Trinajstić information content (AvgIpc) is 1.83. The van der Waals surface area contributed by atoms with E-state index >= 15 is 0 Å². The van der Waals surface area contributed by atoms with Crippen molar-refractivity contribution in [3.8, 4) is 0 Å². The highest BCUT2D eigenvalue weighted by Gasteiger charge is 1.99. The molecule has 0 aromatic carbocycles. The molecule has 48 valence electrons. The number of hydrogen-bond donors (Lipinski definition) is 1. The van der Waals surface area contributed by atoms with Gasteiger partial charge in [-0.05, 0) is 15.9 Å². The lowest BCUT2D eigenvalue weighted by Crippen LogP contribution is -2.06. The van der Waals surface area contributed by atoms with Gasteiger partial charge in [0.2, 0.25) is 0 Å². The second-order valence-corrected chi connectivity index (χ2v) is 2.47. The Bertz CT molecular complexity index is 272. The summed E-state index contributed by atoms with van der Waals surface area (Å²) in [7, 11) is 0. The van der Waals surface area contributed by atoms with Crippen molar-refractivity contribution in [3.63, 3.8) is 0 Å². The van der Waals surface area contributed by atoms with Crippen LogP contribution in [-0.2, 0) is 0 Å². The third-order valence-electron chi connectivity index (χ3n) is 0.754. The molecule has 0 unspecified atom stereocenters. The standard InChI is InChI=1S/C4H2BrClN2O/c5-3-2(6)4(9)8-1-7-3/h1H,(H,7,8,9). The molecule has 1 N–H and O–H groups in total. The van der Waals surface area contributed by atoms with Gasteiger partial charge in [0.1, 0.15) is 9.63 Å². The molecule has 9 heavy (non-hydrogen) atoms. The van der Waals surface area contributed by atoms with E-state index in [1.807, 2.05) is 0 Å². The summed E-state index contributed by atoms with van der Waals surface area (Å²) in [6.07, 6.45) is 1.28. The Balaban J connectivity index is 3.43. The summed E-state index contributed by atoms with van der Waals surface area (Å²) in [5, 5.41) is 0.0810. The molecule has 1 rings (SSSR count). The zero-order chi connectivity index (χ0) is 6.85. The van der Waals surface area contributed by atoms with Gasteiger partial charge in [-0.1, -0.05) is 11.6 Å². The first-order valence-electron chi connectivity index (χ1n) is 2.10. The molecular formula is C4H2BrClN2O. The Hall–Kier alpha value is -0.350. The minimum absolute atomic E-state index is 0.0810.